The van der Waals surface area contributed by atoms with Crippen LogP contribution in [0.3, 0.4) is 0 Å². The molecule has 1 heterocycles. The molecule has 2 fully saturated rings. The molecule has 1 aliphatic carbocycles. The third-order valence-corrected chi connectivity index (χ3v) is 5.88. The number of nitrogens with one attached hydrogen (secondary N) is 1. The fourth-order valence-electron chi connectivity index (χ4n) is 2.80. The number of hydrogen-bond acceptors (Lipinski definition) is 5. The van der Waals surface area contributed by atoms with Gasteiger partial charge in [0.05, 0.1) is 24.9 Å². The fraction of sp³-hybridized carbons (Fsp3) is 0.917. The van der Waals surface area contributed by atoms with E-state index in [0.717, 1.165) is 12.8 Å². The van der Waals surface area contributed by atoms with Gasteiger partial charge in [-0.3, -0.25) is 4.79 Å². The molecule has 1 saturated heterocycles. The van der Waals surface area contributed by atoms with Crippen LogP contribution in [-0.2, 0) is 24.3 Å². The van der Waals surface area contributed by atoms with E-state index in [4.69, 9.17) is 4.74 Å². The minimum atomic E-state index is -3.46. The molecule has 0 radical (unpaired) electrons. The van der Waals surface area contributed by atoms with Crippen molar-refractivity contribution in [3.05, 3.63) is 0 Å². The molecule has 3 atom stereocenters. The molecule has 1 saturated carbocycles. The summed E-state index contributed by atoms with van der Waals surface area (Å²) in [6.45, 7) is 1.70. The molecule has 0 aromatic carbocycles. The number of sulfonamides is 1. The molecule has 1 aliphatic heterocycles. The number of rotatable bonds is 5. The van der Waals surface area contributed by atoms with Gasteiger partial charge in [-0.1, -0.05) is 6.42 Å². The molecule has 19 heavy (non-hydrogen) atoms. The average Bonchev–Trinajstić information content (AvgIpc) is 3.06. The lowest BCUT2D eigenvalue weighted by Crippen LogP contribution is -2.41. The third kappa shape index (κ3) is 3.46. The minimum Gasteiger partial charge on any atom is -0.469 e. The van der Waals surface area contributed by atoms with E-state index in [9.17, 15) is 13.2 Å². The van der Waals surface area contributed by atoms with Gasteiger partial charge < -0.3 is 9.47 Å². The van der Waals surface area contributed by atoms with Crippen molar-refractivity contribution in [2.24, 2.45) is 11.8 Å². The summed E-state index contributed by atoms with van der Waals surface area (Å²) in [5, 5.41) is -0.651. The maximum atomic E-state index is 12.3. The topological polar surface area (TPSA) is 81.7 Å². The van der Waals surface area contributed by atoms with Gasteiger partial charge in [0.1, 0.15) is 0 Å². The van der Waals surface area contributed by atoms with Crippen molar-refractivity contribution >= 4 is 16.0 Å². The van der Waals surface area contributed by atoms with Crippen LogP contribution in [0.2, 0.25) is 0 Å². The first-order valence-electron chi connectivity index (χ1n) is 6.68. The Morgan fingerprint density at radius 3 is 2.79 bits per heavy atom. The first kappa shape index (κ1) is 14.7. The first-order chi connectivity index (χ1) is 9.04. The number of hydrogen-bond donors (Lipinski definition) is 1. The second kappa shape index (κ2) is 6.19. The highest BCUT2D eigenvalue weighted by molar-refractivity contribution is 7.90. The molecule has 0 amide bonds. The van der Waals surface area contributed by atoms with Gasteiger partial charge in [0.2, 0.25) is 10.0 Å². The lowest BCUT2D eigenvalue weighted by molar-refractivity contribution is -0.145. The van der Waals surface area contributed by atoms with Crippen LogP contribution >= 0.6 is 0 Å². The smallest absolute Gasteiger partial charge is 0.310 e. The highest BCUT2D eigenvalue weighted by Crippen LogP contribution is 2.31. The summed E-state index contributed by atoms with van der Waals surface area (Å²) < 4.78 is 37.1. The largest absolute Gasteiger partial charge is 0.469 e. The van der Waals surface area contributed by atoms with Crippen LogP contribution in [-0.4, -0.2) is 46.5 Å². The lowest BCUT2D eigenvalue weighted by Gasteiger charge is -2.19. The van der Waals surface area contributed by atoms with Crippen LogP contribution in [0, 0.1) is 11.8 Å². The van der Waals surface area contributed by atoms with Gasteiger partial charge >= 0.3 is 5.97 Å². The van der Waals surface area contributed by atoms with Crippen molar-refractivity contribution < 1.29 is 22.7 Å². The van der Waals surface area contributed by atoms with E-state index >= 15 is 0 Å². The zero-order valence-corrected chi connectivity index (χ0v) is 11.9. The first-order valence-corrected chi connectivity index (χ1v) is 8.23. The monoisotopic (exact) mass is 291 g/mol. The van der Waals surface area contributed by atoms with E-state index in [2.05, 4.69) is 9.46 Å². The maximum absolute atomic E-state index is 12.3. The van der Waals surface area contributed by atoms with Gasteiger partial charge in [0.15, 0.2) is 0 Å². The standard InChI is InChI=1S/C12H21NO5S/c1-17-12(14)10-3-2-4-11(10)19(15,16)13-7-9-5-6-18-8-9/h9-11,13H,2-8H2,1H3. The fourth-order valence-corrected chi connectivity index (χ4v) is 4.64. The predicted octanol–water partition coefficient (Wildman–Crippen LogP) is 0.284. The second-order valence-corrected chi connectivity index (χ2v) is 7.21. The molecule has 0 aromatic heterocycles. The molecular weight excluding hydrogens is 270 g/mol. The summed E-state index contributed by atoms with van der Waals surface area (Å²) in [7, 11) is -2.16. The lowest BCUT2D eigenvalue weighted by atomic mass is 10.1. The molecular formula is C12H21NO5S. The van der Waals surface area contributed by atoms with Crippen molar-refractivity contribution in [3.8, 4) is 0 Å². The number of ether oxygens (including phenoxy) is 2. The average molecular weight is 291 g/mol. The van der Waals surface area contributed by atoms with Gasteiger partial charge in [-0.05, 0) is 25.2 Å². The van der Waals surface area contributed by atoms with Gasteiger partial charge in [-0.2, -0.15) is 0 Å². The van der Waals surface area contributed by atoms with Crippen LogP contribution in [0.4, 0.5) is 0 Å². The van der Waals surface area contributed by atoms with E-state index in [1.165, 1.54) is 7.11 Å². The van der Waals surface area contributed by atoms with Crippen LogP contribution in [0.25, 0.3) is 0 Å². The summed E-state index contributed by atoms with van der Waals surface area (Å²) >= 11 is 0. The van der Waals surface area contributed by atoms with E-state index in [1.807, 2.05) is 0 Å². The zero-order valence-electron chi connectivity index (χ0n) is 11.1. The molecule has 1 N–H and O–H groups in total. The Bertz CT molecular complexity index is 416. The van der Waals surface area contributed by atoms with Crippen LogP contribution in [0.5, 0.6) is 0 Å². The summed E-state index contributed by atoms with van der Waals surface area (Å²) in [5.74, 6) is -0.702. The minimum absolute atomic E-state index is 0.243. The van der Waals surface area contributed by atoms with Gasteiger partial charge in [-0.15, -0.1) is 0 Å². The quantitative estimate of drug-likeness (QED) is 0.736. The Labute approximate surface area is 113 Å². The third-order valence-electron chi connectivity index (χ3n) is 3.95. The predicted molar refractivity (Wildman–Crippen MR) is 69.0 cm³/mol. The van der Waals surface area contributed by atoms with Crippen molar-refractivity contribution in [3.63, 3.8) is 0 Å². The Morgan fingerprint density at radius 1 is 1.37 bits per heavy atom. The molecule has 0 spiro atoms. The van der Waals surface area contributed by atoms with Crippen molar-refractivity contribution in [2.75, 3.05) is 26.9 Å². The van der Waals surface area contributed by atoms with Crippen molar-refractivity contribution in [2.45, 2.75) is 30.9 Å². The Hall–Kier alpha value is -0.660. The maximum Gasteiger partial charge on any atom is 0.310 e. The molecule has 2 rings (SSSR count). The SMILES string of the molecule is COC(=O)C1CCCC1S(=O)(=O)NCC1CCOC1. The molecule has 2 aliphatic rings. The van der Waals surface area contributed by atoms with Crippen molar-refractivity contribution in [1.82, 2.24) is 4.72 Å². The summed E-state index contributed by atoms with van der Waals surface area (Å²) in [4.78, 5) is 11.6. The van der Waals surface area contributed by atoms with Crippen LogP contribution < -0.4 is 4.72 Å². The molecule has 0 bridgehead atoms. The van der Waals surface area contributed by atoms with Crippen LogP contribution in [0.1, 0.15) is 25.7 Å². The number of methoxy groups -OCH3 is 1. The molecule has 110 valence electrons. The van der Waals surface area contributed by atoms with Gasteiger partial charge in [-0.25, -0.2) is 13.1 Å². The highest BCUT2D eigenvalue weighted by Gasteiger charge is 2.42. The summed E-state index contributed by atoms with van der Waals surface area (Å²) in [6, 6.07) is 0. The molecule has 7 heteroatoms. The van der Waals surface area contributed by atoms with E-state index < -0.39 is 27.2 Å². The Balaban J connectivity index is 1.95. The number of carbonyl (C=O) groups excluding carboxylic acids is 1. The summed E-state index contributed by atoms with van der Waals surface area (Å²) in [6.07, 6.45) is 2.74. The molecule has 3 unspecified atom stereocenters. The van der Waals surface area contributed by atoms with Crippen molar-refractivity contribution in [1.29, 1.82) is 0 Å². The number of carbonyl (C=O) groups is 1. The van der Waals surface area contributed by atoms with E-state index in [0.29, 0.717) is 32.6 Å². The molecule has 0 aromatic rings. The molecule has 6 nitrogen and oxygen atoms in total. The van der Waals surface area contributed by atoms with E-state index in [-0.39, 0.29) is 5.92 Å². The van der Waals surface area contributed by atoms with Crippen LogP contribution in [0.15, 0.2) is 0 Å². The second-order valence-electron chi connectivity index (χ2n) is 5.22. The summed E-state index contributed by atoms with van der Waals surface area (Å²) in [5.41, 5.74) is 0. The van der Waals surface area contributed by atoms with E-state index in [1.54, 1.807) is 0 Å². The zero-order chi connectivity index (χ0) is 13.9. The van der Waals surface area contributed by atoms with Gasteiger partial charge in [0.25, 0.3) is 0 Å². The van der Waals surface area contributed by atoms with Gasteiger partial charge in [0, 0.05) is 13.2 Å². The number of esters is 1. The highest BCUT2D eigenvalue weighted by atomic mass is 32.2. The Kier molecular flexibility index (Phi) is 4.81. The normalized spacial score (nSPS) is 31.5. The Morgan fingerprint density at radius 2 is 2.16 bits per heavy atom.